The number of anilines is 1. The largest absolute Gasteiger partial charge is 0.489 e. The van der Waals surface area contributed by atoms with Crippen molar-refractivity contribution in [1.29, 1.82) is 5.26 Å². The number of piperidine rings is 1. The quantitative estimate of drug-likeness (QED) is 0.546. The molecule has 4 rings (SSSR count). The minimum Gasteiger partial charge on any atom is -0.489 e. The summed E-state index contributed by atoms with van der Waals surface area (Å²) >= 11 is 0. The van der Waals surface area contributed by atoms with E-state index < -0.39 is 0 Å². The third kappa shape index (κ3) is 4.69. The molecule has 1 saturated heterocycles. The van der Waals surface area contributed by atoms with Crippen LogP contribution in [0.5, 0.6) is 11.6 Å². The monoisotopic (exact) mass is 461 g/mol. The molecule has 0 amide bonds. The van der Waals surface area contributed by atoms with Gasteiger partial charge in [-0.1, -0.05) is 6.92 Å². The van der Waals surface area contributed by atoms with E-state index in [4.69, 9.17) is 9.47 Å². The summed E-state index contributed by atoms with van der Waals surface area (Å²) in [5, 5.41) is 9.36. The van der Waals surface area contributed by atoms with Crippen LogP contribution < -0.4 is 19.9 Å². The van der Waals surface area contributed by atoms with Crippen LogP contribution in [0.15, 0.2) is 41.3 Å². The molecule has 4 heterocycles. The van der Waals surface area contributed by atoms with Crippen molar-refractivity contribution < 1.29 is 9.47 Å². The van der Waals surface area contributed by atoms with Crippen LogP contribution in [-0.4, -0.2) is 39.3 Å². The highest BCUT2D eigenvalue weighted by Crippen LogP contribution is 2.34. The Kier molecular flexibility index (Phi) is 6.73. The van der Waals surface area contributed by atoms with Crippen molar-refractivity contribution in [2.24, 2.45) is 13.0 Å². The Morgan fingerprint density at radius 1 is 1.26 bits per heavy atom. The molecule has 0 unspecified atom stereocenters. The molecular weight excluding hydrogens is 430 g/mol. The van der Waals surface area contributed by atoms with Crippen molar-refractivity contribution in [3.8, 4) is 17.7 Å². The van der Waals surface area contributed by atoms with E-state index in [0.29, 0.717) is 22.6 Å². The molecule has 1 aliphatic rings. The molecule has 1 fully saturated rings. The van der Waals surface area contributed by atoms with E-state index in [0.717, 1.165) is 30.8 Å². The molecule has 8 heteroatoms. The number of ether oxygens (including phenoxy) is 2. The van der Waals surface area contributed by atoms with Gasteiger partial charge in [0.1, 0.15) is 29.1 Å². The highest BCUT2D eigenvalue weighted by atomic mass is 16.5. The molecule has 178 valence electrons. The average molecular weight is 462 g/mol. The zero-order valence-corrected chi connectivity index (χ0v) is 20.4. The number of hydrogen-bond donors (Lipinski definition) is 0. The minimum absolute atomic E-state index is 0.000977. The molecule has 3 aromatic rings. The first-order valence-electron chi connectivity index (χ1n) is 11.8. The smallest absolute Gasteiger partial charge is 0.252 e. The Morgan fingerprint density at radius 2 is 2.06 bits per heavy atom. The van der Waals surface area contributed by atoms with Crippen LogP contribution in [0, 0.1) is 17.2 Å². The number of nitriles is 1. The number of pyridine rings is 3. The third-order valence-corrected chi connectivity index (χ3v) is 6.43. The van der Waals surface area contributed by atoms with E-state index in [1.807, 2.05) is 26.0 Å². The number of hydrogen-bond acceptors (Lipinski definition) is 7. The first kappa shape index (κ1) is 23.6. The molecule has 8 nitrogen and oxygen atoms in total. The first-order valence-corrected chi connectivity index (χ1v) is 11.8. The number of aromatic nitrogens is 3. The Labute approximate surface area is 199 Å². The second-order valence-corrected chi connectivity index (χ2v) is 9.16. The average Bonchev–Trinajstić information content (AvgIpc) is 2.82. The predicted molar refractivity (Wildman–Crippen MR) is 131 cm³/mol. The van der Waals surface area contributed by atoms with Gasteiger partial charge in [0.2, 0.25) is 5.88 Å². The summed E-state index contributed by atoms with van der Waals surface area (Å²) in [5.41, 5.74) is 2.40. The molecule has 34 heavy (non-hydrogen) atoms. The van der Waals surface area contributed by atoms with Crippen LogP contribution in [0.25, 0.3) is 11.0 Å². The Bertz CT molecular complexity index is 1260. The zero-order valence-electron chi connectivity index (χ0n) is 20.4. The van der Waals surface area contributed by atoms with E-state index in [9.17, 15) is 10.1 Å². The maximum absolute atomic E-state index is 12.7. The summed E-state index contributed by atoms with van der Waals surface area (Å²) in [6.45, 7) is 8.96. The Balaban J connectivity index is 1.61. The summed E-state index contributed by atoms with van der Waals surface area (Å²) in [4.78, 5) is 23.9. The normalized spacial score (nSPS) is 20.4. The molecule has 0 bridgehead atoms. The lowest BCUT2D eigenvalue weighted by Gasteiger charge is -2.43. The lowest BCUT2D eigenvalue weighted by molar-refractivity contribution is 0.0911. The predicted octanol–water partition coefficient (Wildman–Crippen LogP) is 4.06. The fourth-order valence-corrected chi connectivity index (χ4v) is 4.60. The molecule has 0 N–H and O–H groups in total. The van der Waals surface area contributed by atoms with Crippen LogP contribution in [0.1, 0.15) is 46.2 Å². The van der Waals surface area contributed by atoms with Crippen LogP contribution in [0.4, 0.5) is 5.69 Å². The van der Waals surface area contributed by atoms with Crippen LogP contribution in [0.2, 0.25) is 0 Å². The molecule has 0 radical (unpaired) electrons. The molecule has 3 aromatic heterocycles. The summed E-state index contributed by atoms with van der Waals surface area (Å²) in [6.07, 6.45) is 3.48. The lowest BCUT2D eigenvalue weighted by Crippen LogP contribution is -2.50. The standard InChI is InChI=1S/C26H31N5O3/c1-6-18-15-31(22-12-25(32)30(5)21-9-7-19(13-27)29-26(21)22)17(4)11-23(18)34-24-10-8-20(14-28-24)33-16(2)3/h7-10,12,14,16-18,23H,6,11,15H2,1-5H3/t17-,18+,23-/m0/s1. The van der Waals surface area contributed by atoms with E-state index in [1.54, 1.807) is 36.0 Å². The van der Waals surface area contributed by atoms with Crippen molar-refractivity contribution in [3.63, 3.8) is 0 Å². The summed E-state index contributed by atoms with van der Waals surface area (Å²) in [7, 11) is 1.73. The minimum atomic E-state index is -0.0967. The van der Waals surface area contributed by atoms with E-state index in [1.165, 1.54) is 0 Å². The van der Waals surface area contributed by atoms with Gasteiger partial charge in [0.15, 0.2) is 0 Å². The summed E-state index contributed by atoms with van der Waals surface area (Å²) < 4.78 is 13.6. The first-order chi connectivity index (χ1) is 16.3. The SMILES string of the molecule is CC[C@@H]1CN(c2cc(=O)n(C)c3ccc(C#N)nc23)[C@@H](C)C[C@@H]1Oc1ccc(OC(C)C)cn1. The van der Waals surface area contributed by atoms with E-state index >= 15 is 0 Å². The van der Waals surface area contributed by atoms with Gasteiger partial charge < -0.3 is 18.9 Å². The molecule has 0 spiro atoms. The molecule has 0 aliphatic carbocycles. The van der Waals surface area contributed by atoms with E-state index in [2.05, 4.69) is 34.8 Å². The molecule has 1 aliphatic heterocycles. The van der Waals surface area contributed by atoms with Gasteiger partial charge in [0.25, 0.3) is 5.56 Å². The van der Waals surface area contributed by atoms with Crippen LogP contribution in [-0.2, 0) is 7.05 Å². The fraction of sp³-hybridized carbons (Fsp3) is 0.462. The Hall–Kier alpha value is -3.60. The molecule has 3 atom stereocenters. The van der Waals surface area contributed by atoms with Gasteiger partial charge in [-0.2, -0.15) is 5.26 Å². The van der Waals surface area contributed by atoms with Gasteiger partial charge >= 0.3 is 0 Å². The zero-order chi connectivity index (χ0) is 24.4. The van der Waals surface area contributed by atoms with Crippen molar-refractivity contribution >= 4 is 16.7 Å². The second kappa shape index (κ2) is 9.72. The van der Waals surface area contributed by atoms with E-state index in [-0.39, 0.29) is 29.7 Å². The maximum atomic E-state index is 12.7. The highest BCUT2D eigenvalue weighted by molar-refractivity contribution is 5.88. The van der Waals surface area contributed by atoms with Gasteiger partial charge in [-0.05, 0) is 45.4 Å². The fourth-order valence-electron chi connectivity index (χ4n) is 4.60. The maximum Gasteiger partial charge on any atom is 0.252 e. The molecule has 0 saturated carbocycles. The van der Waals surface area contributed by atoms with Gasteiger partial charge in [0, 0.05) is 44.1 Å². The second-order valence-electron chi connectivity index (χ2n) is 9.16. The van der Waals surface area contributed by atoms with Crippen LogP contribution >= 0.6 is 0 Å². The van der Waals surface area contributed by atoms with Crippen molar-refractivity contribution in [2.75, 3.05) is 11.4 Å². The highest BCUT2D eigenvalue weighted by Gasteiger charge is 2.35. The summed E-state index contributed by atoms with van der Waals surface area (Å²) in [5.74, 6) is 1.54. The topological polar surface area (TPSA) is 93.3 Å². The number of aryl methyl sites for hydroxylation is 1. The number of rotatable bonds is 6. The van der Waals surface area contributed by atoms with Gasteiger partial charge in [-0.3, -0.25) is 4.79 Å². The number of fused-ring (bicyclic) bond motifs is 1. The van der Waals surface area contributed by atoms with Gasteiger partial charge in [-0.15, -0.1) is 0 Å². The van der Waals surface area contributed by atoms with Gasteiger partial charge in [0.05, 0.1) is 23.5 Å². The van der Waals surface area contributed by atoms with Crippen molar-refractivity contribution in [2.45, 2.75) is 58.8 Å². The van der Waals surface area contributed by atoms with Crippen molar-refractivity contribution in [1.82, 2.24) is 14.5 Å². The third-order valence-electron chi connectivity index (χ3n) is 6.43. The van der Waals surface area contributed by atoms with Gasteiger partial charge in [-0.25, -0.2) is 9.97 Å². The van der Waals surface area contributed by atoms with Crippen LogP contribution in [0.3, 0.4) is 0 Å². The lowest BCUT2D eigenvalue weighted by atomic mass is 9.88. The van der Waals surface area contributed by atoms with Crippen molar-refractivity contribution in [3.05, 3.63) is 52.6 Å². The number of nitrogens with zero attached hydrogens (tertiary/aromatic N) is 5. The Morgan fingerprint density at radius 3 is 2.71 bits per heavy atom. The molecular formula is C26H31N5O3. The molecule has 0 aromatic carbocycles. The summed E-state index contributed by atoms with van der Waals surface area (Å²) in [6, 6.07) is 11.0.